The highest BCUT2D eigenvalue weighted by Crippen LogP contribution is 2.13. The second kappa shape index (κ2) is 6.40. The van der Waals surface area contributed by atoms with Crippen molar-refractivity contribution in [2.24, 2.45) is 0 Å². The molecule has 80 valence electrons. The maximum absolute atomic E-state index is 11.1. The lowest BCUT2D eigenvalue weighted by molar-refractivity contribution is 0.101. The number of allylic oxidation sites excluding steroid dienone is 1. The van der Waals surface area contributed by atoms with Crippen LogP contribution in [0, 0.1) is 0 Å². The lowest BCUT2D eigenvalue weighted by Gasteiger charge is -2.03. The van der Waals surface area contributed by atoms with Gasteiger partial charge in [0.05, 0.1) is 0 Å². The van der Waals surface area contributed by atoms with Gasteiger partial charge in [0.15, 0.2) is 5.78 Å². The summed E-state index contributed by atoms with van der Waals surface area (Å²) in [6.45, 7) is 2.07. The number of alkyl halides is 1. The molecule has 2 nitrogen and oxygen atoms in total. The quantitative estimate of drug-likeness (QED) is 0.466. The van der Waals surface area contributed by atoms with E-state index >= 15 is 0 Å². The molecule has 0 unspecified atom stereocenters. The van der Waals surface area contributed by atoms with Gasteiger partial charge >= 0.3 is 0 Å². The predicted molar refractivity (Wildman–Crippen MR) is 64.9 cm³/mol. The summed E-state index contributed by atoms with van der Waals surface area (Å²) < 4.78 is 5.44. The molecule has 1 aromatic rings. The Labute approximate surface area is 98.1 Å². The fraction of sp³-hybridized carbons (Fsp3) is 0.250. The zero-order valence-corrected chi connectivity index (χ0v) is 10.2. The molecular formula is C12H13BrO2. The molecule has 15 heavy (non-hydrogen) atoms. The number of ether oxygens (including phenoxy) is 1. The molecule has 0 atom stereocenters. The van der Waals surface area contributed by atoms with E-state index in [1.807, 2.05) is 24.3 Å². The van der Waals surface area contributed by atoms with Crippen LogP contribution in [-0.2, 0) is 0 Å². The first kappa shape index (κ1) is 12.0. The molecule has 0 saturated carbocycles. The SMILES string of the molecule is CC(=O)c1cccc(OCC=CCBr)c1. The molecule has 0 amide bonds. The van der Waals surface area contributed by atoms with Crippen molar-refractivity contribution in [3.8, 4) is 5.75 Å². The Morgan fingerprint density at radius 2 is 2.27 bits per heavy atom. The zero-order chi connectivity index (χ0) is 11.1. The Morgan fingerprint density at radius 1 is 1.47 bits per heavy atom. The number of benzene rings is 1. The van der Waals surface area contributed by atoms with Crippen LogP contribution in [0.2, 0.25) is 0 Å². The summed E-state index contributed by atoms with van der Waals surface area (Å²) in [6, 6.07) is 7.20. The van der Waals surface area contributed by atoms with Gasteiger partial charge in [-0.15, -0.1) is 0 Å². The van der Waals surface area contributed by atoms with Crippen LogP contribution in [0.1, 0.15) is 17.3 Å². The lowest BCUT2D eigenvalue weighted by atomic mass is 10.1. The van der Waals surface area contributed by atoms with Gasteiger partial charge in [-0.25, -0.2) is 0 Å². The summed E-state index contributed by atoms with van der Waals surface area (Å²) in [5, 5.41) is 0.823. The second-order valence-corrected chi connectivity index (χ2v) is 3.67. The number of carbonyl (C=O) groups excluding carboxylic acids is 1. The third kappa shape index (κ3) is 4.30. The summed E-state index contributed by atoms with van der Waals surface area (Å²) in [5.41, 5.74) is 0.678. The van der Waals surface area contributed by atoms with Crippen LogP contribution < -0.4 is 4.74 Å². The lowest BCUT2D eigenvalue weighted by Crippen LogP contribution is -1.96. The van der Waals surface area contributed by atoms with Crippen molar-refractivity contribution >= 4 is 21.7 Å². The number of rotatable bonds is 5. The van der Waals surface area contributed by atoms with Gasteiger partial charge in [0.1, 0.15) is 12.4 Å². The third-order valence-electron chi connectivity index (χ3n) is 1.84. The van der Waals surface area contributed by atoms with Crippen molar-refractivity contribution in [2.45, 2.75) is 6.92 Å². The highest BCUT2D eigenvalue weighted by Gasteiger charge is 1.99. The molecule has 0 spiro atoms. The van der Waals surface area contributed by atoms with Crippen LogP contribution in [0.15, 0.2) is 36.4 Å². The molecule has 0 aliphatic carbocycles. The van der Waals surface area contributed by atoms with Crippen molar-refractivity contribution in [3.05, 3.63) is 42.0 Å². The minimum atomic E-state index is 0.0523. The van der Waals surface area contributed by atoms with Gasteiger partial charge in [0.2, 0.25) is 0 Å². The van der Waals surface area contributed by atoms with Gasteiger partial charge in [-0.1, -0.05) is 40.2 Å². The Kier molecular flexibility index (Phi) is 5.12. The van der Waals surface area contributed by atoms with E-state index in [1.165, 1.54) is 0 Å². The van der Waals surface area contributed by atoms with E-state index in [9.17, 15) is 4.79 Å². The van der Waals surface area contributed by atoms with Gasteiger partial charge in [0.25, 0.3) is 0 Å². The van der Waals surface area contributed by atoms with Crippen LogP contribution in [0.3, 0.4) is 0 Å². The number of carbonyl (C=O) groups is 1. The maximum Gasteiger partial charge on any atom is 0.159 e. The maximum atomic E-state index is 11.1. The minimum absolute atomic E-state index is 0.0523. The van der Waals surface area contributed by atoms with E-state index in [0.717, 1.165) is 11.1 Å². The minimum Gasteiger partial charge on any atom is -0.490 e. The number of hydrogen-bond donors (Lipinski definition) is 0. The van der Waals surface area contributed by atoms with Gasteiger partial charge in [-0.05, 0) is 19.1 Å². The third-order valence-corrected chi connectivity index (χ3v) is 2.22. The van der Waals surface area contributed by atoms with Crippen molar-refractivity contribution < 1.29 is 9.53 Å². The molecule has 0 aliphatic rings. The largest absolute Gasteiger partial charge is 0.490 e. The molecule has 1 aromatic carbocycles. The Hall–Kier alpha value is -1.09. The highest BCUT2D eigenvalue weighted by molar-refractivity contribution is 9.09. The van der Waals surface area contributed by atoms with Crippen LogP contribution in [0.4, 0.5) is 0 Å². The summed E-state index contributed by atoms with van der Waals surface area (Å²) in [4.78, 5) is 11.1. The van der Waals surface area contributed by atoms with E-state index < -0.39 is 0 Å². The van der Waals surface area contributed by atoms with E-state index in [0.29, 0.717) is 12.2 Å². The standard InChI is InChI=1S/C12H13BrO2/c1-10(14)11-5-4-6-12(9-11)15-8-3-2-7-13/h2-6,9H,7-8H2,1H3. The Bertz CT molecular complexity index is 358. The highest BCUT2D eigenvalue weighted by atomic mass is 79.9. The smallest absolute Gasteiger partial charge is 0.159 e. The van der Waals surface area contributed by atoms with Crippen molar-refractivity contribution in [3.63, 3.8) is 0 Å². The number of halogens is 1. The van der Waals surface area contributed by atoms with Crippen LogP contribution in [0.5, 0.6) is 5.75 Å². The zero-order valence-electron chi connectivity index (χ0n) is 8.57. The van der Waals surface area contributed by atoms with E-state index in [2.05, 4.69) is 15.9 Å². The Balaban J connectivity index is 2.58. The molecule has 0 saturated heterocycles. The fourth-order valence-electron chi connectivity index (χ4n) is 1.08. The molecular weight excluding hydrogens is 256 g/mol. The Morgan fingerprint density at radius 3 is 2.93 bits per heavy atom. The molecule has 1 rings (SSSR count). The normalized spacial score (nSPS) is 10.5. The monoisotopic (exact) mass is 268 g/mol. The van der Waals surface area contributed by atoms with Crippen LogP contribution in [0.25, 0.3) is 0 Å². The van der Waals surface area contributed by atoms with Crippen molar-refractivity contribution in [1.82, 2.24) is 0 Å². The topological polar surface area (TPSA) is 26.3 Å². The van der Waals surface area contributed by atoms with E-state index in [-0.39, 0.29) is 5.78 Å². The fourth-order valence-corrected chi connectivity index (χ4v) is 1.34. The number of Topliss-reactive ketones (excluding diaryl/α,β-unsaturated/α-hetero) is 1. The molecule has 0 aromatic heterocycles. The molecule has 3 heteroatoms. The summed E-state index contributed by atoms with van der Waals surface area (Å²) in [7, 11) is 0. The average Bonchev–Trinajstić information content (AvgIpc) is 2.25. The molecule has 0 radical (unpaired) electrons. The summed E-state index contributed by atoms with van der Waals surface area (Å²) in [6.07, 6.45) is 3.89. The number of hydrogen-bond acceptors (Lipinski definition) is 2. The average molecular weight is 269 g/mol. The first-order chi connectivity index (χ1) is 7.24. The molecule has 0 fully saturated rings. The van der Waals surface area contributed by atoms with Gasteiger partial charge in [-0.3, -0.25) is 4.79 Å². The van der Waals surface area contributed by atoms with Crippen molar-refractivity contribution in [2.75, 3.05) is 11.9 Å². The molecule has 0 heterocycles. The van der Waals surface area contributed by atoms with E-state index in [1.54, 1.807) is 19.1 Å². The van der Waals surface area contributed by atoms with Gasteiger partial charge in [0, 0.05) is 10.9 Å². The molecule has 0 bridgehead atoms. The summed E-state index contributed by atoms with van der Waals surface area (Å²) >= 11 is 3.28. The first-order valence-corrected chi connectivity index (χ1v) is 5.81. The number of ketones is 1. The predicted octanol–water partition coefficient (Wildman–Crippen LogP) is 3.22. The molecule has 0 aliphatic heterocycles. The second-order valence-electron chi connectivity index (χ2n) is 3.02. The van der Waals surface area contributed by atoms with Crippen molar-refractivity contribution in [1.29, 1.82) is 0 Å². The van der Waals surface area contributed by atoms with Crippen LogP contribution >= 0.6 is 15.9 Å². The van der Waals surface area contributed by atoms with Gasteiger partial charge in [-0.2, -0.15) is 0 Å². The summed E-state index contributed by atoms with van der Waals surface area (Å²) in [5.74, 6) is 0.776. The van der Waals surface area contributed by atoms with E-state index in [4.69, 9.17) is 4.74 Å². The first-order valence-electron chi connectivity index (χ1n) is 4.69. The molecule has 0 N–H and O–H groups in total. The van der Waals surface area contributed by atoms with Gasteiger partial charge < -0.3 is 4.74 Å². The van der Waals surface area contributed by atoms with Crippen LogP contribution in [-0.4, -0.2) is 17.7 Å².